The first-order chi connectivity index (χ1) is 10.2. The molecule has 1 aromatic rings. The van der Waals surface area contributed by atoms with E-state index in [1.807, 2.05) is 30.3 Å². The van der Waals surface area contributed by atoms with Gasteiger partial charge in [-0.3, -0.25) is 0 Å². The zero-order chi connectivity index (χ0) is 16.4. The molecule has 2 atom stereocenters. The van der Waals surface area contributed by atoms with Gasteiger partial charge in [0.25, 0.3) is 0 Å². The van der Waals surface area contributed by atoms with Crippen molar-refractivity contribution in [2.75, 3.05) is 6.54 Å². The molecular weight excluding hydrogens is 349 g/mol. The third kappa shape index (κ3) is 3.99. The number of ether oxygens (including phenoxy) is 1. The number of amides is 1. The van der Waals surface area contributed by atoms with Crippen LogP contribution in [0, 0.1) is 0 Å². The highest BCUT2D eigenvalue weighted by Crippen LogP contribution is 2.45. The Bertz CT molecular complexity index is 521. The minimum atomic E-state index is -1.78. The average Bonchev–Trinajstić information content (AvgIpc) is 2.45. The third-order valence-electron chi connectivity index (χ3n) is 3.90. The first kappa shape index (κ1) is 17.7. The molecule has 0 radical (unpaired) electrons. The molecule has 0 saturated carbocycles. The molecule has 1 saturated heterocycles. The van der Waals surface area contributed by atoms with Crippen molar-refractivity contribution in [3.8, 4) is 0 Å². The van der Waals surface area contributed by atoms with Crippen LogP contribution in [0.4, 0.5) is 4.79 Å². The summed E-state index contributed by atoms with van der Waals surface area (Å²) < 4.78 is 3.52. The number of hydrogen-bond donors (Lipinski definition) is 1. The second kappa shape index (κ2) is 6.83. The van der Waals surface area contributed by atoms with Crippen molar-refractivity contribution in [2.24, 2.45) is 0 Å². The number of piperidine rings is 1. The first-order valence-corrected chi connectivity index (χ1v) is 8.13. The molecule has 0 bridgehead atoms. The maximum Gasteiger partial charge on any atom is 0.410 e. The number of benzene rings is 1. The van der Waals surface area contributed by atoms with Gasteiger partial charge in [-0.05, 0) is 18.9 Å². The van der Waals surface area contributed by atoms with Crippen LogP contribution in [0.25, 0.3) is 0 Å². The fourth-order valence-corrected chi connectivity index (χ4v) is 3.07. The van der Waals surface area contributed by atoms with Crippen molar-refractivity contribution in [1.29, 1.82) is 0 Å². The van der Waals surface area contributed by atoms with E-state index in [0.29, 0.717) is 0 Å². The minimum absolute atomic E-state index is 0.184. The van der Waals surface area contributed by atoms with E-state index < -0.39 is 15.5 Å². The van der Waals surface area contributed by atoms with Gasteiger partial charge in [-0.2, -0.15) is 0 Å². The van der Waals surface area contributed by atoms with Crippen molar-refractivity contribution in [1.82, 2.24) is 4.90 Å². The van der Waals surface area contributed by atoms with Gasteiger partial charge in [0.15, 0.2) is 0 Å². The van der Waals surface area contributed by atoms with Crippen molar-refractivity contribution in [3.05, 3.63) is 35.9 Å². The quantitative estimate of drug-likeness (QED) is 0.807. The Morgan fingerprint density at radius 1 is 1.41 bits per heavy atom. The number of nitrogens with zero attached hydrogens (tertiary/aromatic N) is 1. The molecule has 122 valence electrons. The minimum Gasteiger partial charge on any atom is -0.445 e. The Balaban J connectivity index is 1.93. The second-order valence-electron chi connectivity index (χ2n) is 5.57. The van der Waals surface area contributed by atoms with Gasteiger partial charge < -0.3 is 14.7 Å². The Hall–Kier alpha value is -0.680. The summed E-state index contributed by atoms with van der Waals surface area (Å²) in [6.07, 6.45) is -0.0548. The van der Waals surface area contributed by atoms with E-state index in [2.05, 4.69) is 0 Å². The molecule has 1 amide bonds. The second-order valence-corrected chi connectivity index (χ2v) is 7.85. The number of carbonyl (C=O) groups excluding carboxylic acids is 1. The van der Waals surface area contributed by atoms with Gasteiger partial charge in [0.1, 0.15) is 12.2 Å². The molecule has 1 heterocycles. The molecule has 1 fully saturated rings. The number of carbonyl (C=O) groups is 1. The van der Waals surface area contributed by atoms with Crippen LogP contribution in [0.15, 0.2) is 30.3 Å². The molecule has 1 aliphatic heterocycles. The summed E-state index contributed by atoms with van der Waals surface area (Å²) in [6, 6.07) is 9.15. The summed E-state index contributed by atoms with van der Waals surface area (Å²) in [6.45, 7) is 2.28. The first-order valence-electron chi connectivity index (χ1n) is 6.99. The lowest BCUT2D eigenvalue weighted by molar-refractivity contribution is -0.0382. The molecule has 4 nitrogen and oxygen atoms in total. The lowest BCUT2D eigenvalue weighted by Gasteiger charge is -2.45. The smallest absolute Gasteiger partial charge is 0.410 e. The molecule has 22 heavy (non-hydrogen) atoms. The van der Waals surface area contributed by atoms with Gasteiger partial charge in [0, 0.05) is 19.0 Å². The molecule has 2 rings (SSSR count). The van der Waals surface area contributed by atoms with E-state index in [0.717, 1.165) is 5.56 Å². The summed E-state index contributed by atoms with van der Waals surface area (Å²) in [5.41, 5.74) is -0.522. The van der Waals surface area contributed by atoms with Crippen LogP contribution in [-0.4, -0.2) is 38.1 Å². The van der Waals surface area contributed by atoms with E-state index >= 15 is 0 Å². The lowest BCUT2D eigenvalue weighted by atomic mass is 9.88. The third-order valence-corrected chi connectivity index (χ3v) is 4.95. The molecule has 7 heteroatoms. The zero-order valence-electron chi connectivity index (χ0n) is 12.1. The molecule has 0 aromatic heterocycles. The van der Waals surface area contributed by atoms with Gasteiger partial charge >= 0.3 is 6.09 Å². The number of aliphatic hydroxyl groups is 1. The van der Waals surface area contributed by atoms with E-state index in [-0.39, 0.29) is 32.0 Å². The lowest BCUT2D eigenvalue weighted by Crippen LogP contribution is -2.56. The Morgan fingerprint density at radius 3 is 2.59 bits per heavy atom. The van der Waals surface area contributed by atoms with Gasteiger partial charge in [0.05, 0.1) is 0 Å². The number of halogens is 3. The van der Waals surface area contributed by atoms with Crippen LogP contribution in [0.1, 0.15) is 25.3 Å². The number of hydrogen-bond acceptors (Lipinski definition) is 3. The fourth-order valence-electron chi connectivity index (χ4n) is 2.56. The predicted octanol–water partition coefficient (Wildman–Crippen LogP) is 3.91. The highest BCUT2D eigenvalue weighted by atomic mass is 35.6. The maximum absolute atomic E-state index is 12.2. The SMILES string of the molecule is CC1CC(O)(C(Cl)(Cl)Cl)CCN1C(=O)OCc1ccccc1. The van der Waals surface area contributed by atoms with E-state index in [4.69, 9.17) is 39.5 Å². The van der Waals surface area contributed by atoms with Crippen molar-refractivity contribution >= 4 is 40.9 Å². The van der Waals surface area contributed by atoms with Crippen LogP contribution < -0.4 is 0 Å². The van der Waals surface area contributed by atoms with Crippen molar-refractivity contribution in [3.63, 3.8) is 0 Å². The zero-order valence-corrected chi connectivity index (χ0v) is 14.4. The Morgan fingerprint density at radius 2 is 2.05 bits per heavy atom. The summed E-state index contributed by atoms with van der Waals surface area (Å²) in [4.78, 5) is 13.7. The van der Waals surface area contributed by atoms with Crippen LogP contribution in [0.3, 0.4) is 0 Å². The number of alkyl halides is 3. The predicted molar refractivity (Wildman–Crippen MR) is 87.3 cm³/mol. The molecule has 1 N–H and O–H groups in total. The molecule has 0 aliphatic carbocycles. The highest BCUT2D eigenvalue weighted by Gasteiger charge is 2.51. The molecular formula is C15H18Cl3NO3. The molecule has 1 aromatic carbocycles. The fraction of sp³-hybridized carbons (Fsp3) is 0.533. The van der Waals surface area contributed by atoms with E-state index in [1.165, 1.54) is 0 Å². The topological polar surface area (TPSA) is 49.8 Å². The van der Waals surface area contributed by atoms with Crippen LogP contribution in [0.2, 0.25) is 0 Å². The summed E-state index contributed by atoms with van der Waals surface area (Å²) in [7, 11) is 0. The van der Waals surface area contributed by atoms with E-state index in [9.17, 15) is 9.90 Å². The van der Waals surface area contributed by atoms with Crippen LogP contribution in [-0.2, 0) is 11.3 Å². The number of likely N-dealkylation sites (tertiary alicyclic amines) is 1. The Labute approximate surface area is 144 Å². The standard InChI is InChI=1S/C15H18Cl3NO3/c1-11-9-14(21,15(16,17)18)7-8-19(11)13(20)22-10-12-5-3-2-4-6-12/h2-6,11,21H,7-10H2,1H3. The monoisotopic (exact) mass is 365 g/mol. The van der Waals surface area contributed by atoms with Crippen molar-refractivity contribution < 1.29 is 14.6 Å². The van der Waals surface area contributed by atoms with Gasteiger partial charge in [0.2, 0.25) is 3.79 Å². The molecule has 0 spiro atoms. The maximum atomic E-state index is 12.2. The van der Waals surface area contributed by atoms with Gasteiger partial charge in [-0.1, -0.05) is 65.1 Å². The largest absolute Gasteiger partial charge is 0.445 e. The molecule has 1 aliphatic rings. The molecule has 2 unspecified atom stereocenters. The highest BCUT2D eigenvalue weighted by molar-refractivity contribution is 6.68. The van der Waals surface area contributed by atoms with Gasteiger partial charge in [-0.25, -0.2) is 4.79 Å². The summed E-state index contributed by atoms with van der Waals surface area (Å²) in [5.74, 6) is 0. The Kier molecular flexibility index (Phi) is 5.49. The average molecular weight is 367 g/mol. The summed E-state index contributed by atoms with van der Waals surface area (Å²) in [5, 5.41) is 10.4. The van der Waals surface area contributed by atoms with Crippen molar-refractivity contribution in [2.45, 2.75) is 41.8 Å². The number of rotatable bonds is 2. The normalized spacial score (nSPS) is 25.9. The van der Waals surface area contributed by atoms with Crippen LogP contribution in [0.5, 0.6) is 0 Å². The van der Waals surface area contributed by atoms with E-state index in [1.54, 1.807) is 11.8 Å². The summed E-state index contributed by atoms with van der Waals surface area (Å²) >= 11 is 17.5. The van der Waals surface area contributed by atoms with Gasteiger partial charge in [-0.15, -0.1) is 0 Å². The van der Waals surface area contributed by atoms with Crippen LogP contribution >= 0.6 is 34.8 Å².